The molecule has 2 aromatic heterocycles. The summed E-state index contributed by atoms with van der Waals surface area (Å²) in [6.07, 6.45) is 2.38. The minimum Gasteiger partial charge on any atom is -0.344 e. The van der Waals surface area contributed by atoms with Gasteiger partial charge in [0, 0.05) is 59.7 Å². The molecular weight excluding hydrogens is 919 g/mol. The highest BCUT2D eigenvalue weighted by Crippen LogP contribution is 2.49. The summed E-state index contributed by atoms with van der Waals surface area (Å²) in [6, 6.07) is 92.1. The van der Waals surface area contributed by atoms with Crippen LogP contribution in [0.3, 0.4) is 0 Å². The monoisotopic (exact) mass is 963 g/mol. The van der Waals surface area contributed by atoms with Gasteiger partial charge in [-0.1, -0.05) is 182 Å². The summed E-state index contributed by atoms with van der Waals surface area (Å²) in [7, 11) is 0. The van der Waals surface area contributed by atoms with Crippen LogP contribution in [0.25, 0.3) is 92.6 Å². The van der Waals surface area contributed by atoms with E-state index in [1.165, 1.54) is 75.1 Å². The third-order valence-electron chi connectivity index (χ3n) is 14.9. The van der Waals surface area contributed by atoms with Crippen LogP contribution >= 0.6 is 11.8 Å². The lowest BCUT2D eigenvalue weighted by atomic mass is 9.98. The summed E-state index contributed by atoms with van der Waals surface area (Å²) >= 11 is 1.81. The molecule has 0 bridgehead atoms. The van der Waals surface area contributed by atoms with Gasteiger partial charge in [0.25, 0.3) is 0 Å². The first-order valence-electron chi connectivity index (χ1n) is 25.2. The van der Waals surface area contributed by atoms with Crippen LogP contribution in [0.5, 0.6) is 0 Å². The number of nitrogens with zero attached hydrogens (tertiary/aromatic N) is 4. The molecule has 13 aromatic rings. The van der Waals surface area contributed by atoms with Crippen molar-refractivity contribution in [3.63, 3.8) is 0 Å². The highest BCUT2D eigenvalue weighted by Gasteiger charge is 2.33. The number of hydrogen-bond donors (Lipinski definition) is 1. The summed E-state index contributed by atoms with van der Waals surface area (Å²) in [4.78, 5) is 10.4. The molecule has 15 rings (SSSR count). The third-order valence-corrected chi connectivity index (χ3v) is 16.2. The van der Waals surface area contributed by atoms with E-state index in [4.69, 9.17) is 4.99 Å². The molecule has 1 N–H and O–H groups in total. The number of anilines is 3. The molecule has 0 spiro atoms. The van der Waals surface area contributed by atoms with Gasteiger partial charge in [-0.25, -0.2) is 4.99 Å². The maximum atomic E-state index is 5.71. The first kappa shape index (κ1) is 42.3. The van der Waals surface area contributed by atoms with Crippen LogP contribution in [0.1, 0.15) is 11.1 Å². The number of aliphatic imine (C=N–C) groups is 1. The molecule has 1 atom stereocenters. The van der Waals surface area contributed by atoms with Gasteiger partial charge < -0.3 is 14.8 Å². The van der Waals surface area contributed by atoms with Gasteiger partial charge in [0.05, 0.1) is 33.8 Å². The van der Waals surface area contributed by atoms with Crippen molar-refractivity contribution in [3.8, 4) is 16.8 Å². The van der Waals surface area contributed by atoms with E-state index in [2.05, 4.69) is 280 Å². The smallest absolute Gasteiger partial charge is 0.209 e. The Hall–Kier alpha value is -9.36. The van der Waals surface area contributed by atoms with Crippen LogP contribution in [0.2, 0.25) is 0 Å². The van der Waals surface area contributed by atoms with Gasteiger partial charge in [-0.15, -0.1) is 0 Å². The van der Waals surface area contributed by atoms with Crippen LogP contribution < -0.4 is 10.2 Å². The van der Waals surface area contributed by atoms with Crippen LogP contribution in [-0.2, 0) is 0 Å². The average molecular weight is 964 g/mol. The van der Waals surface area contributed by atoms with Gasteiger partial charge in [0.2, 0.25) is 5.96 Å². The number of aromatic nitrogens is 2. The van der Waals surface area contributed by atoms with Crippen LogP contribution in [-0.4, -0.2) is 21.1 Å². The van der Waals surface area contributed by atoms with Crippen molar-refractivity contribution < 1.29 is 0 Å². The highest BCUT2D eigenvalue weighted by molar-refractivity contribution is 8.12. The van der Waals surface area contributed by atoms with Gasteiger partial charge in [-0.3, -0.25) is 4.57 Å². The first-order valence-corrected chi connectivity index (χ1v) is 26.1. The lowest BCUT2D eigenvalue weighted by molar-refractivity contribution is 0.835. The lowest BCUT2D eigenvalue weighted by Crippen LogP contribution is -2.40. The maximum Gasteiger partial charge on any atom is 0.209 e. The fourth-order valence-corrected chi connectivity index (χ4v) is 12.8. The van der Waals surface area contributed by atoms with Gasteiger partial charge in [0.1, 0.15) is 0 Å². The second-order valence-corrected chi connectivity index (χ2v) is 20.2. The molecule has 4 heterocycles. The van der Waals surface area contributed by atoms with E-state index in [9.17, 15) is 0 Å². The molecule has 0 fully saturated rings. The molecule has 5 nitrogen and oxygen atoms in total. The standard InChI is InChI=1S/C68H45N5S/c1-5-19-46(20-6-1)63-43-58-67(74-63)66(47-29-35-53(36-30-47)71(50-21-7-2-8-22-50)51-23-9-3-10-24-51)70-68(69-58)73-60-38-34-49(42-57(60)65-55-28-16-14-18-45(55)32-40-62(65)73)48-33-37-59-56(41-48)64-54-27-15-13-17-44(54)31-39-61(64)72(59)52-25-11-4-12-26-52/h1-43,58H,(H,69,70). The Kier molecular flexibility index (Phi) is 9.82. The van der Waals surface area contributed by atoms with Gasteiger partial charge in [-0.2, -0.15) is 0 Å². The van der Waals surface area contributed by atoms with Crippen molar-refractivity contribution >= 4 is 111 Å². The zero-order chi connectivity index (χ0) is 48.7. The van der Waals surface area contributed by atoms with Gasteiger partial charge >= 0.3 is 0 Å². The van der Waals surface area contributed by atoms with E-state index >= 15 is 0 Å². The molecule has 11 aromatic carbocycles. The van der Waals surface area contributed by atoms with E-state index in [0.717, 1.165) is 56.6 Å². The second-order valence-electron chi connectivity index (χ2n) is 19.2. The van der Waals surface area contributed by atoms with Gasteiger partial charge in [0.15, 0.2) is 0 Å². The number of thioether (sulfide) groups is 1. The van der Waals surface area contributed by atoms with Crippen molar-refractivity contribution in [2.45, 2.75) is 6.04 Å². The molecule has 74 heavy (non-hydrogen) atoms. The number of hydrogen-bond acceptors (Lipinski definition) is 4. The SMILES string of the molecule is C1=C(c2ccccc2)SC2=C(c3ccc(N(c4ccccc4)c4ccccc4)cc3)N=C(n3c4ccc(-c5ccc6c(c5)c5c7ccccc7ccc5n6-c5ccccc5)cc4c4c5ccccc5ccc43)NC12. The fraction of sp³-hybridized carbons (Fsp3) is 0.0147. The van der Waals surface area contributed by atoms with Crippen molar-refractivity contribution in [3.05, 3.63) is 277 Å². The topological polar surface area (TPSA) is 37.5 Å². The number of fused-ring (bicyclic) bond motifs is 11. The zero-order valence-electron chi connectivity index (χ0n) is 40.1. The summed E-state index contributed by atoms with van der Waals surface area (Å²) in [5, 5.41) is 13.8. The second kappa shape index (κ2) is 17.2. The summed E-state index contributed by atoms with van der Waals surface area (Å²) < 4.78 is 4.77. The molecular formula is C68H45N5S. The number of para-hydroxylation sites is 3. The Morgan fingerprint density at radius 2 is 0.865 bits per heavy atom. The Morgan fingerprint density at radius 3 is 1.46 bits per heavy atom. The largest absolute Gasteiger partial charge is 0.344 e. The molecule has 0 amide bonds. The fourth-order valence-electron chi connectivity index (χ4n) is 11.6. The predicted octanol–water partition coefficient (Wildman–Crippen LogP) is 17.7. The van der Waals surface area contributed by atoms with Crippen LogP contribution in [0, 0.1) is 0 Å². The molecule has 0 aliphatic carbocycles. The molecule has 0 saturated heterocycles. The number of benzene rings is 11. The summed E-state index contributed by atoms with van der Waals surface area (Å²) in [5.41, 5.74) is 14.6. The minimum absolute atomic E-state index is 0.0874. The van der Waals surface area contributed by atoms with E-state index in [0.29, 0.717) is 0 Å². The van der Waals surface area contributed by atoms with E-state index in [-0.39, 0.29) is 6.04 Å². The Bertz CT molecular complexity index is 4420. The molecule has 0 saturated carbocycles. The predicted molar refractivity (Wildman–Crippen MR) is 314 cm³/mol. The molecule has 0 radical (unpaired) electrons. The quantitative estimate of drug-likeness (QED) is 0.173. The maximum absolute atomic E-state index is 5.71. The zero-order valence-corrected chi connectivity index (χ0v) is 40.9. The van der Waals surface area contributed by atoms with Crippen LogP contribution in [0.4, 0.5) is 17.1 Å². The first-order chi connectivity index (χ1) is 36.7. The third kappa shape index (κ3) is 6.83. The lowest BCUT2D eigenvalue weighted by Gasteiger charge is -2.27. The Balaban J connectivity index is 0.909. The highest BCUT2D eigenvalue weighted by atomic mass is 32.2. The van der Waals surface area contributed by atoms with Crippen molar-refractivity contribution in [2.75, 3.05) is 4.90 Å². The molecule has 1 unspecified atom stereocenters. The molecule has 2 aliphatic rings. The minimum atomic E-state index is -0.0874. The van der Waals surface area contributed by atoms with E-state index < -0.39 is 0 Å². The normalized spacial score (nSPS) is 14.5. The Morgan fingerprint density at radius 1 is 0.392 bits per heavy atom. The van der Waals surface area contributed by atoms with Crippen molar-refractivity contribution in [2.24, 2.45) is 4.99 Å². The van der Waals surface area contributed by atoms with Crippen molar-refractivity contribution in [1.82, 2.24) is 14.5 Å². The van der Waals surface area contributed by atoms with E-state index in [1.54, 1.807) is 0 Å². The number of rotatable bonds is 7. The van der Waals surface area contributed by atoms with E-state index in [1.807, 2.05) is 11.8 Å². The summed E-state index contributed by atoms with van der Waals surface area (Å²) in [6.45, 7) is 0. The molecule has 348 valence electrons. The summed E-state index contributed by atoms with van der Waals surface area (Å²) in [5.74, 6) is 0.796. The molecule has 6 heteroatoms. The van der Waals surface area contributed by atoms with Gasteiger partial charge in [-0.05, 0) is 129 Å². The average Bonchev–Trinajstić information content (AvgIpc) is 4.19. The number of nitrogens with one attached hydrogen (secondary N) is 1. The van der Waals surface area contributed by atoms with Crippen LogP contribution in [0.15, 0.2) is 271 Å². The van der Waals surface area contributed by atoms with Crippen molar-refractivity contribution in [1.29, 1.82) is 0 Å². The Labute approximate surface area is 432 Å². The molecule has 2 aliphatic heterocycles.